The average Bonchev–Trinajstić information content (AvgIpc) is 2.24. The van der Waals surface area contributed by atoms with Gasteiger partial charge in [-0.25, -0.2) is 10.8 Å². The molecule has 96 valence electrons. The van der Waals surface area contributed by atoms with E-state index in [0.29, 0.717) is 12.6 Å². The largest absolute Gasteiger partial charge is 0.382 e. The molecular formula is C9H17N5O3. The van der Waals surface area contributed by atoms with Gasteiger partial charge in [0.2, 0.25) is 17.8 Å². The molecule has 2 amide bonds. The number of carbonyl (C=O) groups is 2. The molecule has 1 aliphatic rings. The quantitative estimate of drug-likeness (QED) is 0.171. The van der Waals surface area contributed by atoms with Crippen molar-refractivity contribution < 1.29 is 14.3 Å². The number of carbonyl (C=O) groups excluding carboxylic acids is 2. The van der Waals surface area contributed by atoms with Gasteiger partial charge in [-0.3, -0.25) is 20.3 Å². The number of amides is 2. The number of nitrogens with zero attached hydrogens (tertiary/aromatic N) is 2. The molecule has 0 saturated carbocycles. The molecule has 0 aromatic carbocycles. The molecular weight excluding hydrogens is 226 g/mol. The number of nitrogens with two attached hydrogens (primary N) is 1. The number of imide groups is 1. The van der Waals surface area contributed by atoms with Crippen LogP contribution in [0.25, 0.3) is 0 Å². The summed E-state index contributed by atoms with van der Waals surface area (Å²) in [4.78, 5) is 28.1. The smallest absolute Gasteiger partial charge is 0.246 e. The van der Waals surface area contributed by atoms with Crippen molar-refractivity contribution in [3.8, 4) is 0 Å². The molecule has 0 aliphatic carbocycles. The van der Waals surface area contributed by atoms with Gasteiger partial charge >= 0.3 is 0 Å². The lowest BCUT2D eigenvalue weighted by atomic mass is 10.3. The van der Waals surface area contributed by atoms with E-state index in [1.54, 1.807) is 7.11 Å². The second-order valence-corrected chi connectivity index (χ2v) is 3.73. The Bertz CT molecular complexity index is 315. The van der Waals surface area contributed by atoms with E-state index < -0.39 is 0 Å². The van der Waals surface area contributed by atoms with Crippen molar-refractivity contribution in [1.29, 1.82) is 0 Å². The lowest BCUT2D eigenvalue weighted by Crippen LogP contribution is -2.57. The van der Waals surface area contributed by atoms with Crippen molar-refractivity contribution in [2.45, 2.75) is 13.0 Å². The molecule has 1 saturated heterocycles. The first-order valence-electron chi connectivity index (χ1n) is 5.17. The lowest BCUT2D eigenvalue weighted by Gasteiger charge is -2.28. The van der Waals surface area contributed by atoms with Gasteiger partial charge in [0.1, 0.15) is 13.1 Å². The van der Waals surface area contributed by atoms with E-state index >= 15 is 0 Å². The number of piperazine rings is 1. The molecule has 1 atom stereocenters. The zero-order valence-electron chi connectivity index (χ0n) is 9.90. The first-order valence-corrected chi connectivity index (χ1v) is 5.17. The summed E-state index contributed by atoms with van der Waals surface area (Å²) >= 11 is 0. The highest BCUT2D eigenvalue weighted by Gasteiger charge is 2.25. The fourth-order valence-electron chi connectivity index (χ4n) is 1.48. The third-order valence-corrected chi connectivity index (χ3v) is 2.13. The molecule has 1 rings (SSSR count). The van der Waals surface area contributed by atoms with Gasteiger partial charge < -0.3 is 9.64 Å². The summed E-state index contributed by atoms with van der Waals surface area (Å²) in [5.41, 5.74) is 2.39. The Morgan fingerprint density at radius 1 is 1.59 bits per heavy atom. The second kappa shape index (κ2) is 6.16. The number of guanidine groups is 1. The van der Waals surface area contributed by atoms with Gasteiger partial charge in [0.05, 0.1) is 12.6 Å². The summed E-state index contributed by atoms with van der Waals surface area (Å²) < 4.78 is 4.94. The molecule has 1 aliphatic heterocycles. The van der Waals surface area contributed by atoms with Crippen LogP contribution in [0.15, 0.2) is 4.99 Å². The predicted molar refractivity (Wildman–Crippen MR) is 60.8 cm³/mol. The third kappa shape index (κ3) is 4.00. The first kappa shape index (κ1) is 13.4. The van der Waals surface area contributed by atoms with Crippen LogP contribution in [0.2, 0.25) is 0 Å². The number of aliphatic imine (C=N–C) groups is 1. The van der Waals surface area contributed by atoms with Gasteiger partial charge in [0.25, 0.3) is 0 Å². The van der Waals surface area contributed by atoms with Crippen LogP contribution in [0.1, 0.15) is 6.92 Å². The van der Waals surface area contributed by atoms with Gasteiger partial charge in [-0.2, -0.15) is 0 Å². The van der Waals surface area contributed by atoms with E-state index in [1.807, 2.05) is 6.92 Å². The summed E-state index contributed by atoms with van der Waals surface area (Å²) in [6.07, 6.45) is 0. The number of ether oxygens (including phenoxy) is 1. The van der Waals surface area contributed by atoms with E-state index in [-0.39, 0.29) is 30.9 Å². The van der Waals surface area contributed by atoms with Crippen molar-refractivity contribution >= 4 is 17.8 Å². The number of hydrogen-bond donors (Lipinski definition) is 3. The monoisotopic (exact) mass is 243 g/mol. The molecule has 0 aromatic heterocycles. The van der Waals surface area contributed by atoms with Crippen molar-refractivity contribution in [1.82, 2.24) is 15.6 Å². The van der Waals surface area contributed by atoms with Gasteiger partial charge in [-0.1, -0.05) is 0 Å². The number of hydrazine groups is 1. The third-order valence-electron chi connectivity index (χ3n) is 2.13. The zero-order valence-corrected chi connectivity index (χ0v) is 9.90. The maximum atomic E-state index is 11.2. The Morgan fingerprint density at radius 2 is 2.18 bits per heavy atom. The van der Waals surface area contributed by atoms with E-state index in [1.165, 1.54) is 4.90 Å². The van der Waals surface area contributed by atoms with E-state index in [0.717, 1.165) is 0 Å². The molecule has 8 nitrogen and oxygen atoms in total. The summed E-state index contributed by atoms with van der Waals surface area (Å²) in [6.45, 7) is 2.37. The Morgan fingerprint density at radius 3 is 2.65 bits per heavy atom. The minimum absolute atomic E-state index is 0.0501. The molecule has 1 heterocycles. The van der Waals surface area contributed by atoms with Crippen LogP contribution >= 0.6 is 0 Å². The summed E-state index contributed by atoms with van der Waals surface area (Å²) in [5.74, 6) is 4.89. The first-order chi connectivity index (χ1) is 8.06. The highest BCUT2D eigenvalue weighted by atomic mass is 16.5. The molecule has 1 fully saturated rings. The number of hydrogen-bond acceptors (Lipinski definition) is 5. The van der Waals surface area contributed by atoms with Crippen molar-refractivity contribution in [3.05, 3.63) is 0 Å². The number of methoxy groups -OCH3 is 1. The highest BCUT2D eigenvalue weighted by Crippen LogP contribution is 1.98. The zero-order chi connectivity index (χ0) is 12.8. The van der Waals surface area contributed by atoms with Crippen LogP contribution in [0.4, 0.5) is 0 Å². The normalized spacial score (nSPS) is 19.0. The van der Waals surface area contributed by atoms with Crippen LogP contribution in [-0.2, 0) is 14.3 Å². The minimum atomic E-state index is -0.372. The van der Waals surface area contributed by atoms with Gasteiger partial charge in [0.15, 0.2) is 0 Å². The topological polar surface area (TPSA) is 109 Å². The maximum Gasteiger partial charge on any atom is 0.246 e. The van der Waals surface area contributed by atoms with Crippen LogP contribution in [0.3, 0.4) is 0 Å². The Labute approximate surface area is 99.2 Å². The number of nitrogens with one attached hydrogen (secondary N) is 2. The molecule has 0 aromatic rings. The van der Waals surface area contributed by atoms with E-state index in [9.17, 15) is 9.59 Å². The number of rotatable bonds is 3. The fraction of sp³-hybridized carbons (Fsp3) is 0.667. The van der Waals surface area contributed by atoms with Gasteiger partial charge in [-0.05, 0) is 6.92 Å². The van der Waals surface area contributed by atoms with Crippen molar-refractivity contribution in [2.75, 3.05) is 26.8 Å². The van der Waals surface area contributed by atoms with Crippen LogP contribution < -0.4 is 16.6 Å². The SMILES string of the molecule is COCC(C)N=C(NN)N1CC(=O)NC(=O)C1. The Kier molecular flexibility index (Phi) is 4.85. The molecule has 17 heavy (non-hydrogen) atoms. The molecule has 1 unspecified atom stereocenters. The predicted octanol–water partition coefficient (Wildman–Crippen LogP) is -2.20. The minimum Gasteiger partial charge on any atom is -0.382 e. The van der Waals surface area contributed by atoms with E-state index in [4.69, 9.17) is 10.6 Å². The summed E-state index contributed by atoms with van der Waals surface area (Å²) in [5, 5.41) is 2.20. The van der Waals surface area contributed by atoms with Crippen molar-refractivity contribution in [3.63, 3.8) is 0 Å². The fourth-order valence-corrected chi connectivity index (χ4v) is 1.48. The molecule has 0 bridgehead atoms. The van der Waals surface area contributed by atoms with Gasteiger partial charge in [0, 0.05) is 7.11 Å². The standard InChI is InChI=1S/C9H17N5O3/c1-6(5-17-2)11-9(13-10)14-3-7(15)12-8(16)4-14/h6H,3-5,10H2,1-2H3,(H,11,13)(H,12,15,16). The van der Waals surface area contributed by atoms with E-state index in [2.05, 4.69) is 15.7 Å². The van der Waals surface area contributed by atoms with Crippen LogP contribution in [-0.4, -0.2) is 55.5 Å². The van der Waals surface area contributed by atoms with Gasteiger partial charge in [-0.15, -0.1) is 0 Å². The molecule has 0 spiro atoms. The molecule has 8 heteroatoms. The average molecular weight is 243 g/mol. The second-order valence-electron chi connectivity index (χ2n) is 3.73. The lowest BCUT2D eigenvalue weighted by molar-refractivity contribution is -0.134. The highest BCUT2D eigenvalue weighted by molar-refractivity contribution is 6.02. The Hall–Kier alpha value is -1.67. The summed E-state index contributed by atoms with van der Waals surface area (Å²) in [7, 11) is 1.57. The summed E-state index contributed by atoms with van der Waals surface area (Å²) in [6, 6.07) is -0.119. The maximum absolute atomic E-state index is 11.2. The Balaban J connectivity index is 2.72. The van der Waals surface area contributed by atoms with Crippen molar-refractivity contribution in [2.24, 2.45) is 10.8 Å². The van der Waals surface area contributed by atoms with Crippen LogP contribution in [0, 0.1) is 0 Å². The molecule has 4 N–H and O–H groups in total. The molecule has 0 radical (unpaired) electrons. The van der Waals surface area contributed by atoms with Crippen LogP contribution in [0.5, 0.6) is 0 Å².